The molecule has 226 valence electrons. The van der Waals surface area contributed by atoms with Crippen LogP contribution in [0.5, 0.6) is 0 Å². The third kappa shape index (κ3) is 6.22. The van der Waals surface area contributed by atoms with Crippen molar-refractivity contribution in [2.45, 2.75) is 43.1 Å². The van der Waals surface area contributed by atoms with Crippen LogP contribution < -0.4 is 16.2 Å². The lowest BCUT2D eigenvalue weighted by Crippen LogP contribution is -2.51. The van der Waals surface area contributed by atoms with Crippen molar-refractivity contribution >= 4 is 37.2 Å². The van der Waals surface area contributed by atoms with E-state index in [0.29, 0.717) is 44.3 Å². The second-order valence-electron chi connectivity index (χ2n) is 10.9. The summed E-state index contributed by atoms with van der Waals surface area (Å²) >= 11 is 0. The Morgan fingerprint density at radius 3 is 2.30 bits per heavy atom. The van der Waals surface area contributed by atoms with Crippen molar-refractivity contribution in [3.63, 3.8) is 0 Å². The molecule has 3 aromatic rings. The zero-order chi connectivity index (χ0) is 29.9. The monoisotopic (exact) mass is 604 g/mol. The number of fused-ring (bicyclic) bond motifs is 1. The Bertz CT molecular complexity index is 1570. The molecular weight excluding hydrogens is 568 g/mol. The number of carboxylic acids is 1. The summed E-state index contributed by atoms with van der Waals surface area (Å²) in [7, 11) is 1.60. The molecule has 43 heavy (non-hydrogen) atoms. The molecule has 0 unspecified atom stereocenters. The summed E-state index contributed by atoms with van der Waals surface area (Å²) < 4.78 is 1.36. The van der Waals surface area contributed by atoms with Gasteiger partial charge in [-0.2, -0.15) is 13.5 Å². The van der Waals surface area contributed by atoms with E-state index in [1.807, 2.05) is 59.5 Å². The Morgan fingerprint density at radius 1 is 0.930 bits per heavy atom. The van der Waals surface area contributed by atoms with Crippen molar-refractivity contribution in [2.24, 2.45) is 7.05 Å². The van der Waals surface area contributed by atoms with E-state index in [2.05, 4.69) is 10.6 Å². The molecule has 2 heterocycles. The van der Waals surface area contributed by atoms with Crippen LogP contribution in [-0.2, 0) is 26.8 Å². The van der Waals surface area contributed by atoms with Crippen molar-refractivity contribution in [1.82, 2.24) is 20.1 Å². The first-order valence-electron chi connectivity index (χ1n) is 14.1. The van der Waals surface area contributed by atoms with Crippen LogP contribution in [0.4, 0.5) is 0 Å². The van der Waals surface area contributed by atoms with Gasteiger partial charge in [-0.25, -0.2) is 0 Å². The highest BCUT2D eigenvalue weighted by Crippen LogP contribution is 2.47. The quantitative estimate of drug-likeness (QED) is 0.379. The lowest BCUT2D eigenvalue weighted by atomic mass is 9.62. The van der Waals surface area contributed by atoms with E-state index >= 15 is 0 Å². The number of piperidine rings is 1. The molecule has 1 fully saturated rings. The molecule has 3 N–H and O–H groups in total. The highest BCUT2D eigenvalue weighted by molar-refractivity contribution is 7.59. The number of nitrogens with one attached hydrogen (secondary N) is 2. The Labute approximate surface area is 256 Å². The van der Waals surface area contributed by atoms with Gasteiger partial charge in [0.05, 0.1) is 11.3 Å². The number of hydrogen-bond acceptors (Lipinski definition) is 5. The second kappa shape index (κ2) is 13.3. The molecule has 0 bridgehead atoms. The fourth-order valence-electron chi connectivity index (χ4n) is 6.29. The van der Waals surface area contributed by atoms with Gasteiger partial charge in [-0.1, -0.05) is 54.6 Å². The zero-order valence-corrected chi connectivity index (χ0v) is 24.9. The minimum Gasteiger partial charge on any atom is -0.480 e. The van der Waals surface area contributed by atoms with Crippen LogP contribution in [0.1, 0.15) is 58.6 Å². The number of likely N-dealkylation sites (tertiary alicyclic amines) is 1. The van der Waals surface area contributed by atoms with Crippen LogP contribution in [0.2, 0.25) is 0 Å². The van der Waals surface area contributed by atoms with E-state index in [4.69, 9.17) is 0 Å². The molecular formula is C32H36N4O6S. The minimum absolute atomic E-state index is 0. The van der Waals surface area contributed by atoms with Gasteiger partial charge in [0, 0.05) is 32.4 Å². The molecule has 1 saturated heterocycles. The average molecular weight is 605 g/mol. The van der Waals surface area contributed by atoms with Crippen LogP contribution >= 0.6 is 13.5 Å². The fourth-order valence-corrected chi connectivity index (χ4v) is 6.29. The summed E-state index contributed by atoms with van der Waals surface area (Å²) in [5.41, 5.74) is 0.814. The molecule has 5 rings (SSSR count). The smallest absolute Gasteiger partial charge is 0.322 e. The summed E-state index contributed by atoms with van der Waals surface area (Å²) in [6.45, 7) is 0.415. The molecule has 1 aromatic heterocycles. The number of benzene rings is 2. The van der Waals surface area contributed by atoms with Crippen molar-refractivity contribution in [2.75, 3.05) is 19.6 Å². The van der Waals surface area contributed by atoms with Gasteiger partial charge in [0.25, 0.3) is 11.5 Å². The third-order valence-corrected chi connectivity index (χ3v) is 8.47. The number of aromatic nitrogens is 1. The van der Waals surface area contributed by atoms with E-state index in [0.717, 1.165) is 11.1 Å². The van der Waals surface area contributed by atoms with E-state index in [-0.39, 0.29) is 36.6 Å². The Balaban J connectivity index is 0.00000423. The molecule has 2 atom stereocenters. The number of carbonyl (C=O) groups is 4. The topological polar surface area (TPSA) is 138 Å². The Kier molecular flexibility index (Phi) is 9.75. The molecule has 3 amide bonds. The highest BCUT2D eigenvalue weighted by Gasteiger charge is 2.49. The van der Waals surface area contributed by atoms with Gasteiger partial charge in [-0.3, -0.25) is 24.0 Å². The van der Waals surface area contributed by atoms with Crippen molar-refractivity contribution in [1.29, 1.82) is 0 Å². The summed E-state index contributed by atoms with van der Waals surface area (Å²) in [6, 6.07) is 19.7. The number of carbonyl (C=O) groups excluding carboxylic acids is 3. The molecule has 0 radical (unpaired) electrons. The van der Waals surface area contributed by atoms with Gasteiger partial charge >= 0.3 is 5.97 Å². The molecule has 1 aliphatic carbocycles. The van der Waals surface area contributed by atoms with Crippen molar-refractivity contribution in [3.8, 4) is 0 Å². The number of amides is 3. The Hall–Kier alpha value is -4.38. The van der Waals surface area contributed by atoms with Gasteiger partial charge in [-0.15, -0.1) is 0 Å². The van der Waals surface area contributed by atoms with E-state index in [1.165, 1.54) is 10.6 Å². The van der Waals surface area contributed by atoms with Gasteiger partial charge in [0.15, 0.2) is 0 Å². The van der Waals surface area contributed by atoms with Crippen molar-refractivity contribution < 1.29 is 24.3 Å². The van der Waals surface area contributed by atoms with Crippen LogP contribution in [0.15, 0.2) is 77.7 Å². The molecule has 10 nitrogen and oxygen atoms in total. The lowest BCUT2D eigenvalue weighted by Gasteiger charge is -2.42. The maximum atomic E-state index is 13.9. The number of hydrogen-bond donors (Lipinski definition) is 3. The summed E-state index contributed by atoms with van der Waals surface area (Å²) in [6.07, 6.45) is 3.47. The third-order valence-electron chi connectivity index (χ3n) is 8.47. The van der Waals surface area contributed by atoms with Gasteiger partial charge < -0.3 is 25.2 Å². The summed E-state index contributed by atoms with van der Waals surface area (Å²) in [5, 5.41) is 14.7. The molecule has 11 heteroatoms. The number of aliphatic carboxylic acids is 1. The number of aryl methyl sites for hydroxylation is 1. The molecule has 0 spiro atoms. The molecule has 1 aliphatic heterocycles. The predicted molar refractivity (Wildman–Crippen MR) is 165 cm³/mol. The summed E-state index contributed by atoms with van der Waals surface area (Å²) in [4.78, 5) is 65.7. The van der Waals surface area contributed by atoms with Crippen LogP contribution in [-0.4, -0.2) is 63.9 Å². The van der Waals surface area contributed by atoms with Gasteiger partial charge in [0.2, 0.25) is 11.8 Å². The maximum Gasteiger partial charge on any atom is 0.322 e. The summed E-state index contributed by atoms with van der Waals surface area (Å²) in [5.74, 6) is -2.44. The first-order chi connectivity index (χ1) is 20.2. The second-order valence-corrected chi connectivity index (χ2v) is 10.9. The Morgan fingerprint density at radius 2 is 1.60 bits per heavy atom. The van der Waals surface area contributed by atoms with Crippen molar-refractivity contribution in [3.05, 3.63) is 106 Å². The van der Waals surface area contributed by atoms with Gasteiger partial charge in [0.1, 0.15) is 12.1 Å². The normalized spacial score (nSPS) is 19.8. The molecule has 2 aromatic carbocycles. The van der Waals surface area contributed by atoms with Crippen LogP contribution in [0, 0.1) is 0 Å². The molecule has 2 aliphatic rings. The lowest BCUT2D eigenvalue weighted by molar-refractivity contribution is -0.138. The fraction of sp³-hybridized carbons (Fsp3) is 0.344. The number of rotatable bonds is 7. The zero-order valence-electron chi connectivity index (χ0n) is 23.9. The predicted octanol–water partition coefficient (Wildman–Crippen LogP) is 2.28. The van der Waals surface area contributed by atoms with E-state index in [9.17, 15) is 29.1 Å². The largest absolute Gasteiger partial charge is 0.480 e. The first kappa shape index (κ1) is 31.6. The maximum absolute atomic E-state index is 13.9. The first-order valence-corrected chi connectivity index (χ1v) is 14.1. The van der Waals surface area contributed by atoms with Crippen LogP contribution in [0.3, 0.4) is 0 Å². The van der Waals surface area contributed by atoms with E-state index < -0.39 is 35.7 Å². The average Bonchev–Trinajstić information content (AvgIpc) is 3.01. The van der Waals surface area contributed by atoms with Crippen LogP contribution in [0.25, 0.3) is 0 Å². The number of pyridine rings is 1. The number of carboxylic acid groups (broad SMARTS) is 1. The minimum atomic E-state index is -1.13. The molecule has 0 saturated carbocycles. The van der Waals surface area contributed by atoms with Gasteiger partial charge in [-0.05, 0) is 54.5 Å². The highest BCUT2D eigenvalue weighted by atomic mass is 32.1. The standard InChI is InChI=1S/C32H34N4O6.H2S/c1-35-17-7-11-25(29(35)40)28(39)34-22-14-18-36(19-15-22)30(41)24-13-16-32(21-8-3-2-4-9-21,31(42)33-20-27(37)38)26-12-6-5-10-23(24)26;/h2-12,17,22,24H,13-16,18-20H2,1H3,(H,33,42)(H,34,39)(H,37,38);1H2/t24-,32+;/m0./s1. The number of nitrogens with zero attached hydrogens (tertiary/aromatic N) is 2. The SMILES string of the molecule is Cn1cccc(C(=O)NC2CCN(C(=O)[C@H]3CC[C@@](C(=O)NCC(=O)O)(c4ccccc4)c4ccccc43)CC2)c1=O.S. The van der Waals surface area contributed by atoms with E-state index in [1.54, 1.807) is 19.3 Å².